The van der Waals surface area contributed by atoms with E-state index in [2.05, 4.69) is 20.0 Å². The first-order chi connectivity index (χ1) is 11.5. The summed E-state index contributed by atoms with van der Waals surface area (Å²) < 4.78 is 15.7. The SMILES string of the molecule is Cc1nnc(CN2CCN(C[C@@H](O)c3ccccc3F)CC2)n1C. The maximum Gasteiger partial charge on any atom is 0.146 e. The monoisotopic (exact) mass is 333 g/mol. The summed E-state index contributed by atoms with van der Waals surface area (Å²) in [6.07, 6.45) is -0.792. The van der Waals surface area contributed by atoms with E-state index in [0.29, 0.717) is 12.1 Å². The highest BCUT2D eigenvalue weighted by atomic mass is 19.1. The van der Waals surface area contributed by atoms with Crippen LogP contribution in [0.4, 0.5) is 4.39 Å². The lowest BCUT2D eigenvalue weighted by Gasteiger charge is -2.35. The topological polar surface area (TPSA) is 57.4 Å². The van der Waals surface area contributed by atoms with Crippen LogP contribution in [0.15, 0.2) is 24.3 Å². The van der Waals surface area contributed by atoms with Gasteiger partial charge in [0.25, 0.3) is 0 Å². The molecule has 0 radical (unpaired) electrons. The molecule has 1 aliphatic heterocycles. The summed E-state index contributed by atoms with van der Waals surface area (Å²) in [7, 11) is 1.98. The minimum Gasteiger partial charge on any atom is -0.387 e. The summed E-state index contributed by atoms with van der Waals surface area (Å²) >= 11 is 0. The van der Waals surface area contributed by atoms with Gasteiger partial charge in [-0.3, -0.25) is 9.80 Å². The van der Waals surface area contributed by atoms with Crippen LogP contribution in [0.2, 0.25) is 0 Å². The minimum atomic E-state index is -0.792. The van der Waals surface area contributed by atoms with Crippen LogP contribution in [-0.2, 0) is 13.6 Å². The molecule has 1 aliphatic rings. The van der Waals surface area contributed by atoms with E-state index in [1.165, 1.54) is 6.07 Å². The lowest BCUT2D eigenvalue weighted by molar-refractivity contribution is 0.0673. The molecule has 0 bridgehead atoms. The number of aryl methyl sites for hydroxylation is 1. The number of hydrogen-bond acceptors (Lipinski definition) is 5. The normalized spacial score (nSPS) is 18.0. The number of aromatic nitrogens is 3. The summed E-state index contributed by atoms with van der Waals surface area (Å²) in [6, 6.07) is 6.42. The number of halogens is 1. The fourth-order valence-corrected chi connectivity index (χ4v) is 3.01. The molecule has 2 heterocycles. The van der Waals surface area contributed by atoms with Crippen molar-refractivity contribution >= 4 is 0 Å². The molecule has 6 nitrogen and oxygen atoms in total. The zero-order valence-electron chi connectivity index (χ0n) is 14.2. The molecule has 7 heteroatoms. The molecule has 1 saturated heterocycles. The number of aliphatic hydroxyl groups excluding tert-OH is 1. The lowest BCUT2D eigenvalue weighted by Crippen LogP contribution is -2.47. The average Bonchev–Trinajstić information content (AvgIpc) is 2.89. The Kier molecular flexibility index (Phi) is 5.23. The van der Waals surface area contributed by atoms with Crippen molar-refractivity contribution in [3.63, 3.8) is 0 Å². The Morgan fingerprint density at radius 3 is 2.42 bits per heavy atom. The van der Waals surface area contributed by atoms with Gasteiger partial charge in [0.05, 0.1) is 12.6 Å². The van der Waals surface area contributed by atoms with E-state index in [0.717, 1.165) is 44.4 Å². The number of piperazine rings is 1. The highest BCUT2D eigenvalue weighted by Gasteiger charge is 2.22. The van der Waals surface area contributed by atoms with E-state index < -0.39 is 6.10 Å². The van der Waals surface area contributed by atoms with Crippen molar-refractivity contribution in [2.24, 2.45) is 7.05 Å². The molecule has 24 heavy (non-hydrogen) atoms. The third-order valence-electron chi connectivity index (χ3n) is 4.71. The van der Waals surface area contributed by atoms with Crippen LogP contribution < -0.4 is 0 Å². The summed E-state index contributed by atoms with van der Waals surface area (Å²) in [5.74, 6) is 1.53. The first kappa shape index (κ1) is 17.0. The Bertz CT molecular complexity index is 681. The molecule has 3 rings (SSSR count). The lowest BCUT2D eigenvalue weighted by atomic mass is 10.1. The zero-order chi connectivity index (χ0) is 17.1. The van der Waals surface area contributed by atoms with Crippen LogP contribution in [0.1, 0.15) is 23.3 Å². The average molecular weight is 333 g/mol. The van der Waals surface area contributed by atoms with Crippen molar-refractivity contribution in [1.29, 1.82) is 0 Å². The Labute approximate surface area is 141 Å². The van der Waals surface area contributed by atoms with Crippen molar-refractivity contribution in [1.82, 2.24) is 24.6 Å². The van der Waals surface area contributed by atoms with E-state index >= 15 is 0 Å². The van der Waals surface area contributed by atoms with Gasteiger partial charge in [0, 0.05) is 45.3 Å². The highest BCUT2D eigenvalue weighted by molar-refractivity contribution is 5.20. The van der Waals surface area contributed by atoms with Crippen molar-refractivity contribution in [3.8, 4) is 0 Å². The standard InChI is InChI=1S/C17H24FN5O/c1-13-19-20-17(21(13)2)12-23-9-7-22(8-10-23)11-16(24)14-5-3-4-6-15(14)18/h3-6,16,24H,7-12H2,1-2H3/t16-/m1/s1. The maximum absolute atomic E-state index is 13.7. The van der Waals surface area contributed by atoms with Crippen molar-refractivity contribution < 1.29 is 9.50 Å². The smallest absolute Gasteiger partial charge is 0.146 e. The molecule has 1 aromatic heterocycles. The summed E-state index contributed by atoms with van der Waals surface area (Å²) in [5, 5.41) is 18.6. The number of nitrogens with zero attached hydrogens (tertiary/aromatic N) is 5. The molecule has 0 aliphatic carbocycles. The maximum atomic E-state index is 13.7. The van der Waals surface area contributed by atoms with Crippen LogP contribution in [0, 0.1) is 12.7 Å². The molecule has 2 aromatic rings. The largest absolute Gasteiger partial charge is 0.387 e. The molecule has 0 spiro atoms. The fourth-order valence-electron chi connectivity index (χ4n) is 3.01. The minimum absolute atomic E-state index is 0.346. The van der Waals surface area contributed by atoms with Crippen molar-refractivity contribution in [2.45, 2.75) is 19.6 Å². The molecule has 0 unspecified atom stereocenters. The van der Waals surface area contributed by atoms with Crippen LogP contribution in [0.25, 0.3) is 0 Å². The summed E-state index contributed by atoms with van der Waals surface area (Å²) in [5.41, 5.74) is 0.370. The van der Waals surface area contributed by atoms with E-state index in [1.54, 1.807) is 18.2 Å². The molecule has 130 valence electrons. The highest BCUT2D eigenvalue weighted by Crippen LogP contribution is 2.18. The van der Waals surface area contributed by atoms with E-state index in [1.807, 2.05) is 18.5 Å². The first-order valence-corrected chi connectivity index (χ1v) is 8.26. The van der Waals surface area contributed by atoms with Gasteiger partial charge in [-0.2, -0.15) is 0 Å². The second kappa shape index (κ2) is 7.38. The Hall–Kier alpha value is -1.83. The summed E-state index contributed by atoms with van der Waals surface area (Å²) in [6.45, 7) is 6.67. The molecule has 1 atom stereocenters. The van der Waals surface area contributed by atoms with Gasteiger partial charge < -0.3 is 9.67 Å². The molecule has 1 N–H and O–H groups in total. The van der Waals surface area contributed by atoms with Crippen LogP contribution in [0.5, 0.6) is 0 Å². The van der Waals surface area contributed by atoms with Gasteiger partial charge in [0.2, 0.25) is 0 Å². The number of benzene rings is 1. The number of aliphatic hydroxyl groups is 1. The van der Waals surface area contributed by atoms with Crippen molar-refractivity contribution in [3.05, 3.63) is 47.3 Å². The van der Waals surface area contributed by atoms with Gasteiger partial charge in [-0.05, 0) is 13.0 Å². The zero-order valence-corrected chi connectivity index (χ0v) is 14.2. The van der Waals surface area contributed by atoms with Crippen LogP contribution >= 0.6 is 0 Å². The third kappa shape index (κ3) is 3.80. The van der Waals surface area contributed by atoms with Crippen molar-refractivity contribution in [2.75, 3.05) is 32.7 Å². The van der Waals surface area contributed by atoms with Gasteiger partial charge >= 0.3 is 0 Å². The predicted octanol–water partition coefficient (Wildman–Crippen LogP) is 1.11. The number of rotatable bonds is 5. The number of hydrogen-bond donors (Lipinski definition) is 1. The molecular formula is C17H24FN5O. The molecule has 1 fully saturated rings. The van der Waals surface area contributed by atoms with Crippen LogP contribution in [-0.4, -0.2) is 62.4 Å². The summed E-state index contributed by atoms with van der Waals surface area (Å²) in [4.78, 5) is 4.50. The Morgan fingerprint density at radius 2 is 1.79 bits per heavy atom. The molecule has 1 aromatic carbocycles. The van der Waals surface area contributed by atoms with Gasteiger partial charge in [0.1, 0.15) is 17.5 Å². The van der Waals surface area contributed by atoms with Gasteiger partial charge in [-0.1, -0.05) is 18.2 Å². The van der Waals surface area contributed by atoms with E-state index in [9.17, 15) is 9.50 Å². The third-order valence-corrected chi connectivity index (χ3v) is 4.71. The van der Waals surface area contributed by atoms with Gasteiger partial charge in [-0.25, -0.2) is 4.39 Å². The van der Waals surface area contributed by atoms with Gasteiger partial charge in [0.15, 0.2) is 0 Å². The van der Waals surface area contributed by atoms with Crippen LogP contribution in [0.3, 0.4) is 0 Å². The molecule has 0 amide bonds. The number of β-amino-alcohol motifs (C(OH)–C–C–N with tert-alkyl or cyclic N) is 1. The van der Waals surface area contributed by atoms with E-state index in [-0.39, 0.29) is 5.82 Å². The Morgan fingerprint density at radius 1 is 1.12 bits per heavy atom. The van der Waals surface area contributed by atoms with E-state index in [4.69, 9.17) is 0 Å². The first-order valence-electron chi connectivity index (χ1n) is 8.26. The second-order valence-corrected chi connectivity index (χ2v) is 6.34. The molecule has 0 saturated carbocycles. The quantitative estimate of drug-likeness (QED) is 0.888. The predicted molar refractivity (Wildman–Crippen MR) is 88.8 cm³/mol. The van der Waals surface area contributed by atoms with Gasteiger partial charge in [-0.15, -0.1) is 10.2 Å². The fraction of sp³-hybridized carbons (Fsp3) is 0.529. The Balaban J connectivity index is 1.50. The molecular weight excluding hydrogens is 309 g/mol. The second-order valence-electron chi connectivity index (χ2n) is 6.34.